The summed E-state index contributed by atoms with van der Waals surface area (Å²) in [5.41, 5.74) is 0. The van der Waals surface area contributed by atoms with Gasteiger partial charge in [0.2, 0.25) is 0 Å². The topological polar surface area (TPSA) is 64.6 Å². The Morgan fingerprint density at radius 3 is 2.50 bits per heavy atom. The Labute approximate surface area is 109 Å². The van der Waals surface area contributed by atoms with Gasteiger partial charge in [-0.2, -0.15) is 0 Å². The van der Waals surface area contributed by atoms with Crippen LogP contribution < -0.4 is 5.32 Å². The van der Waals surface area contributed by atoms with E-state index in [1.54, 1.807) is 0 Å². The molecule has 2 aliphatic rings. The highest BCUT2D eigenvalue weighted by Crippen LogP contribution is 2.21. The molecule has 2 atom stereocenters. The van der Waals surface area contributed by atoms with Gasteiger partial charge in [0.1, 0.15) is 0 Å². The summed E-state index contributed by atoms with van der Waals surface area (Å²) in [5, 5.41) is 3.00. The molecule has 0 aromatic heterocycles. The van der Waals surface area contributed by atoms with Crippen LogP contribution in [0.2, 0.25) is 0 Å². The standard InChI is InChI=1S/C12H23NO4S/c1-10-12(4-8-17-10)18(14,15)9-5-13-11-2-6-16-7-3-11/h10-13H,2-9H2,1H3. The fourth-order valence-electron chi connectivity index (χ4n) is 2.64. The second-order valence-electron chi connectivity index (χ2n) is 5.11. The quantitative estimate of drug-likeness (QED) is 0.785. The molecule has 0 aliphatic carbocycles. The van der Waals surface area contributed by atoms with E-state index < -0.39 is 9.84 Å². The summed E-state index contributed by atoms with van der Waals surface area (Å²) >= 11 is 0. The lowest BCUT2D eigenvalue weighted by atomic mass is 10.1. The van der Waals surface area contributed by atoms with Crippen LogP contribution in [0.4, 0.5) is 0 Å². The Morgan fingerprint density at radius 2 is 1.89 bits per heavy atom. The minimum absolute atomic E-state index is 0.155. The van der Waals surface area contributed by atoms with E-state index in [-0.39, 0.29) is 17.1 Å². The predicted octanol–water partition coefficient (Wildman–Crippen LogP) is 0.347. The molecule has 0 aromatic carbocycles. The van der Waals surface area contributed by atoms with Crippen molar-refractivity contribution in [2.45, 2.75) is 43.6 Å². The number of rotatable bonds is 5. The van der Waals surface area contributed by atoms with E-state index in [2.05, 4.69) is 5.32 Å². The number of hydrogen-bond donors (Lipinski definition) is 1. The average molecular weight is 277 g/mol. The molecule has 106 valence electrons. The monoisotopic (exact) mass is 277 g/mol. The van der Waals surface area contributed by atoms with Crippen molar-refractivity contribution in [3.8, 4) is 0 Å². The van der Waals surface area contributed by atoms with Crippen molar-refractivity contribution in [2.24, 2.45) is 0 Å². The molecule has 0 bridgehead atoms. The highest BCUT2D eigenvalue weighted by molar-refractivity contribution is 7.92. The molecule has 1 N–H and O–H groups in total. The third kappa shape index (κ3) is 3.66. The Bertz CT molecular complexity index is 351. The molecule has 0 amide bonds. The van der Waals surface area contributed by atoms with Crippen LogP contribution >= 0.6 is 0 Å². The zero-order valence-electron chi connectivity index (χ0n) is 10.9. The molecule has 2 rings (SSSR count). The molecule has 2 saturated heterocycles. The molecular formula is C12H23NO4S. The smallest absolute Gasteiger partial charge is 0.157 e. The van der Waals surface area contributed by atoms with Gasteiger partial charge in [-0.1, -0.05) is 0 Å². The number of nitrogens with one attached hydrogen (secondary N) is 1. The lowest BCUT2D eigenvalue weighted by molar-refractivity contribution is 0.0785. The Kier molecular flexibility index (Phi) is 5.00. The lowest BCUT2D eigenvalue weighted by Gasteiger charge is -2.23. The fraction of sp³-hybridized carbons (Fsp3) is 1.00. The van der Waals surface area contributed by atoms with Gasteiger partial charge in [0.25, 0.3) is 0 Å². The second-order valence-corrected chi connectivity index (χ2v) is 7.45. The third-order valence-electron chi connectivity index (χ3n) is 3.81. The summed E-state index contributed by atoms with van der Waals surface area (Å²) in [4.78, 5) is 0. The molecule has 2 heterocycles. The molecule has 2 aliphatic heterocycles. The van der Waals surface area contributed by atoms with E-state index in [0.29, 0.717) is 25.6 Å². The number of sulfone groups is 1. The number of ether oxygens (including phenoxy) is 2. The maximum Gasteiger partial charge on any atom is 0.157 e. The van der Waals surface area contributed by atoms with Crippen LogP contribution in [0, 0.1) is 0 Å². The highest BCUT2D eigenvalue weighted by atomic mass is 32.2. The van der Waals surface area contributed by atoms with E-state index in [1.807, 2.05) is 6.92 Å². The van der Waals surface area contributed by atoms with E-state index in [9.17, 15) is 8.42 Å². The zero-order valence-corrected chi connectivity index (χ0v) is 11.7. The minimum Gasteiger partial charge on any atom is -0.381 e. The maximum atomic E-state index is 12.1. The summed E-state index contributed by atoms with van der Waals surface area (Å²) in [6.07, 6.45) is 2.44. The minimum atomic E-state index is -3.03. The van der Waals surface area contributed by atoms with E-state index in [1.165, 1.54) is 0 Å². The molecule has 2 unspecified atom stereocenters. The molecule has 2 fully saturated rings. The largest absolute Gasteiger partial charge is 0.381 e. The molecule has 6 heteroatoms. The van der Waals surface area contributed by atoms with E-state index in [4.69, 9.17) is 9.47 Å². The van der Waals surface area contributed by atoms with Crippen molar-refractivity contribution >= 4 is 9.84 Å². The lowest BCUT2D eigenvalue weighted by Crippen LogP contribution is -2.39. The average Bonchev–Trinajstić information content (AvgIpc) is 2.77. The van der Waals surface area contributed by atoms with Gasteiger partial charge in [0.05, 0.1) is 17.1 Å². The van der Waals surface area contributed by atoms with Crippen molar-refractivity contribution in [2.75, 3.05) is 32.1 Å². The first-order valence-electron chi connectivity index (χ1n) is 6.74. The van der Waals surface area contributed by atoms with Gasteiger partial charge in [-0.3, -0.25) is 0 Å². The van der Waals surface area contributed by atoms with Crippen LogP contribution in [0.5, 0.6) is 0 Å². The van der Waals surface area contributed by atoms with Crippen molar-refractivity contribution in [3.63, 3.8) is 0 Å². The van der Waals surface area contributed by atoms with E-state index in [0.717, 1.165) is 26.1 Å². The number of hydrogen-bond acceptors (Lipinski definition) is 5. The van der Waals surface area contributed by atoms with Crippen molar-refractivity contribution in [1.82, 2.24) is 5.32 Å². The van der Waals surface area contributed by atoms with Gasteiger partial charge in [-0.05, 0) is 26.2 Å². The van der Waals surface area contributed by atoms with Gasteiger partial charge in [-0.25, -0.2) is 8.42 Å². The second kappa shape index (κ2) is 6.32. The predicted molar refractivity (Wildman–Crippen MR) is 69.4 cm³/mol. The first-order valence-corrected chi connectivity index (χ1v) is 8.45. The van der Waals surface area contributed by atoms with Gasteiger partial charge < -0.3 is 14.8 Å². The molecular weight excluding hydrogens is 254 g/mol. The van der Waals surface area contributed by atoms with Crippen LogP contribution in [0.3, 0.4) is 0 Å². The third-order valence-corrected chi connectivity index (χ3v) is 6.12. The van der Waals surface area contributed by atoms with Crippen LogP contribution in [-0.4, -0.2) is 57.9 Å². The normalized spacial score (nSPS) is 30.7. The Morgan fingerprint density at radius 1 is 1.17 bits per heavy atom. The van der Waals surface area contributed by atoms with Crippen molar-refractivity contribution < 1.29 is 17.9 Å². The fourth-order valence-corrected chi connectivity index (χ4v) is 4.47. The van der Waals surface area contributed by atoms with Crippen LogP contribution in [0.1, 0.15) is 26.2 Å². The Balaban J connectivity index is 1.74. The van der Waals surface area contributed by atoms with Crippen molar-refractivity contribution in [1.29, 1.82) is 0 Å². The Hall–Kier alpha value is -0.170. The first-order chi connectivity index (χ1) is 8.59. The zero-order chi connectivity index (χ0) is 13.0. The van der Waals surface area contributed by atoms with E-state index >= 15 is 0 Å². The summed E-state index contributed by atoms with van der Waals surface area (Å²) in [5.74, 6) is 0.211. The molecule has 0 saturated carbocycles. The van der Waals surface area contributed by atoms with Gasteiger partial charge in [0.15, 0.2) is 9.84 Å². The van der Waals surface area contributed by atoms with Crippen LogP contribution in [0.15, 0.2) is 0 Å². The molecule has 0 radical (unpaired) electrons. The van der Waals surface area contributed by atoms with Gasteiger partial charge in [0, 0.05) is 32.4 Å². The molecule has 0 spiro atoms. The van der Waals surface area contributed by atoms with Crippen molar-refractivity contribution in [3.05, 3.63) is 0 Å². The molecule has 5 nitrogen and oxygen atoms in total. The SMILES string of the molecule is CC1OCCC1S(=O)(=O)CCNC1CCOCC1. The summed E-state index contributed by atoms with van der Waals surface area (Å²) < 4.78 is 34.9. The molecule has 18 heavy (non-hydrogen) atoms. The first kappa shape index (κ1) is 14.2. The highest BCUT2D eigenvalue weighted by Gasteiger charge is 2.35. The summed E-state index contributed by atoms with van der Waals surface area (Å²) in [7, 11) is -3.03. The molecule has 0 aromatic rings. The van der Waals surface area contributed by atoms with Crippen LogP contribution in [0.25, 0.3) is 0 Å². The van der Waals surface area contributed by atoms with Gasteiger partial charge in [-0.15, -0.1) is 0 Å². The van der Waals surface area contributed by atoms with Gasteiger partial charge >= 0.3 is 0 Å². The summed E-state index contributed by atoms with van der Waals surface area (Å²) in [6.45, 7) is 4.51. The maximum absolute atomic E-state index is 12.1. The summed E-state index contributed by atoms with van der Waals surface area (Å²) in [6, 6.07) is 0.409. The van der Waals surface area contributed by atoms with Crippen LogP contribution in [-0.2, 0) is 19.3 Å².